The first kappa shape index (κ1) is 21.2. The Morgan fingerprint density at radius 2 is 1.77 bits per heavy atom. The lowest BCUT2D eigenvalue weighted by molar-refractivity contribution is 0.102. The molecule has 0 saturated carbocycles. The number of halogens is 1. The number of piperidine rings is 1. The van der Waals surface area contributed by atoms with Gasteiger partial charge in [-0.3, -0.25) is 4.79 Å². The van der Waals surface area contributed by atoms with Crippen LogP contribution in [0.2, 0.25) is 0 Å². The topological polar surface area (TPSA) is 84.3 Å². The summed E-state index contributed by atoms with van der Waals surface area (Å²) in [4.78, 5) is 16.8. The number of nitrogens with zero attached hydrogens (tertiary/aromatic N) is 3. The minimum atomic E-state index is -3.50. The van der Waals surface area contributed by atoms with Gasteiger partial charge in [-0.05, 0) is 61.7 Å². The third kappa shape index (κ3) is 4.52. The van der Waals surface area contributed by atoms with Crippen LogP contribution in [-0.4, -0.2) is 41.3 Å². The molecule has 1 N–H and O–H groups in total. The second-order valence-corrected chi connectivity index (χ2v) is 9.48. The predicted octanol–water partition coefficient (Wildman–Crippen LogP) is 3.75. The average molecular weight is 443 g/mol. The summed E-state index contributed by atoms with van der Waals surface area (Å²) in [5.41, 5.74) is 1.67. The van der Waals surface area contributed by atoms with Crippen LogP contribution in [-0.2, 0) is 10.0 Å². The fourth-order valence-corrected chi connectivity index (χ4v) is 5.01. The number of aromatic nitrogens is 2. The van der Waals surface area contributed by atoms with Crippen molar-refractivity contribution in [2.45, 2.75) is 31.1 Å². The smallest absolute Gasteiger partial charge is 0.275 e. The van der Waals surface area contributed by atoms with Crippen molar-refractivity contribution in [2.24, 2.45) is 0 Å². The lowest BCUT2D eigenvalue weighted by Crippen LogP contribution is -2.35. The molecule has 1 aliphatic heterocycles. The van der Waals surface area contributed by atoms with Gasteiger partial charge in [0, 0.05) is 30.7 Å². The fourth-order valence-electron chi connectivity index (χ4n) is 3.49. The van der Waals surface area contributed by atoms with Gasteiger partial charge in [-0.25, -0.2) is 17.8 Å². The van der Waals surface area contributed by atoms with Crippen molar-refractivity contribution in [3.05, 3.63) is 72.1 Å². The second-order valence-electron chi connectivity index (χ2n) is 7.54. The van der Waals surface area contributed by atoms with Gasteiger partial charge in [-0.15, -0.1) is 0 Å². The highest BCUT2D eigenvalue weighted by atomic mass is 32.2. The Balaban J connectivity index is 1.48. The number of amides is 1. The quantitative estimate of drug-likeness (QED) is 0.652. The second kappa shape index (κ2) is 8.60. The minimum absolute atomic E-state index is 0.158. The van der Waals surface area contributed by atoms with E-state index in [1.165, 1.54) is 22.9 Å². The van der Waals surface area contributed by atoms with Crippen LogP contribution < -0.4 is 5.32 Å². The summed E-state index contributed by atoms with van der Waals surface area (Å²) < 4.78 is 42.4. The Bertz CT molecular complexity index is 1200. The SMILES string of the molecule is Cc1ccc(NC(=O)c2cn(-c3ccc(S(=O)(=O)N4CCCCC4)cc3)cn2)cc1F. The van der Waals surface area contributed by atoms with E-state index in [2.05, 4.69) is 10.3 Å². The molecule has 1 aliphatic rings. The Morgan fingerprint density at radius 1 is 1.06 bits per heavy atom. The molecule has 0 spiro atoms. The standard InChI is InChI=1S/C22H23FN4O3S/c1-16-5-6-17(13-20(16)23)25-22(28)21-14-26(15-24-21)18-7-9-19(10-8-18)31(29,30)27-11-3-2-4-12-27/h5-10,13-15H,2-4,11-12H2,1H3,(H,25,28). The van der Waals surface area contributed by atoms with Gasteiger partial charge in [0.05, 0.1) is 4.90 Å². The summed E-state index contributed by atoms with van der Waals surface area (Å²) in [7, 11) is -3.50. The molecule has 1 aromatic heterocycles. The van der Waals surface area contributed by atoms with Crippen molar-refractivity contribution in [1.82, 2.24) is 13.9 Å². The molecular weight excluding hydrogens is 419 g/mol. The molecule has 0 radical (unpaired) electrons. The maximum atomic E-state index is 13.7. The summed E-state index contributed by atoms with van der Waals surface area (Å²) >= 11 is 0. The van der Waals surface area contributed by atoms with E-state index in [4.69, 9.17) is 0 Å². The summed E-state index contributed by atoms with van der Waals surface area (Å²) in [6, 6.07) is 10.9. The number of carbonyl (C=O) groups excluding carboxylic acids is 1. The molecule has 4 rings (SSSR count). The maximum Gasteiger partial charge on any atom is 0.275 e. The van der Waals surface area contributed by atoms with E-state index in [1.54, 1.807) is 47.9 Å². The summed E-state index contributed by atoms with van der Waals surface area (Å²) in [5, 5.41) is 2.62. The molecule has 0 bridgehead atoms. The zero-order chi connectivity index (χ0) is 22.0. The molecule has 2 aromatic carbocycles. The van der Waals surface area contributed by atoms with E-state index in [9.17, 15) is 17.6 Å². The highest BCUT2D eigenvalue weighted by molar-refractivity contribution is 7.89. The number of rotatable bonds is 5. The van der Waals surface area contributed by atoms with Gasteiger partial charge in [0.25, 0.3) is 5.91 Å². The van der Waals surface area contributed by atoms with Crippen LogP contribution in [0.3, 0.4) is 0 Å². The third-order valence-corrected chi connectivity index (χ3v) is 7.25. The van der Waals surface area contributed by atoms with Gasteiger partial charge in [-0.1, -0.05) is 12.5 Å². The molecular formula is C22H23FN4O3S. The lowest BCUT2D eigenvalue weighted by Gasteiger charge is -2.25. The largest absolute Gasteiger partial charge is 0.321 e. The van der Waals surface area contributed by atoms with Gasteiger partial charge in [-0.2, -0.15) is 4.31 Å². The Kier molecular flexibility index (Phi) is 5.88. The Labute approximate surface area is 180 Å². The number of sulfonamides is 1. The van der Waals surface area contributed by atoms with Crippen LogP contribution in [0.15, 0.2) is 59.9 Å². The van der Waals surface area contributed by atoms with E-state index < -0.39 is 21.7 Å². The number of hydrogen-bond acceptors (Lipinski definition) is 4. The van der Waals surface area contributed by atoms with E-state index in [0.29, 0.717) is 30.0 Å². The van der Waals surface area contributed by atoms with Gasteiger partial charge in [0.2, 0.25) is 10.0 Å². The number of carbonyl (C=O) groups is 1. The first-order chi connectivity index (χ1) is 14.8. The zero-order valence-corrected chi connectivity index (χ0v) is 17.9. The van der Waals surface area contributed by atoms with Crippen molar-refractivity contribution in [1.29, 1.82) is 0 Å². The maximum absolute atomic E-state index is 13.7. The van der Waals surface area contributed by atoms with Gasteiger partial charge in [0.1, 0.15) is 17.8 Å². The monoisotopic (exact) mass is 442 g/mol. The fraction of sp³-hybridized carbons (Fsp3) is 0.273. The van der Waals surface area contributed by atoms with E-state index >= 15 is 0 Å². The average Bonchev–Trinajstić information content (AvgIpc) is 3.27. The van der Waals surface area contributed by atoms with Gasteiger partial charge < -0.3 is 9.88 Å². The van der Waals surface area contributed by atoms with Gasteiger partial charge >= 0.3 is 0 Å². The van der Waals surface area contributed by atoms with Crippen LogP contribution in [0.1, 0.15) is 35.3 Å². The molecule has 162 valence electrons. The minimum Gasteiger partial charge on any atom is -0.321 e. The highest BCUT2D eigenvalue weighted by Crippen LogP contribution is 2.22. The molecule has 3 aromatic rings. The summed E-state index contributed by atoms with van der Waals surface area (Å²) in [6.45, 7) is 2.75. The molecule has 31 heavy (non-hydrogen) atoms. The zero-order valence-electron chi connectivity index (χ0n) is 17.1. The summed E-state index contributed by atoms with van der Waals surface area (Å²) in [5.74, 6) is -0.866. The number of imidazole rings is 1. The van der Waals surface area contributed by atoms with Crippen LogP contribution in [0.4, 0.5) is 10.1 Å². The van der Waals surface area contributed by atoms with Crippen molar-refractivity contribution < 1.29 is 17.6 Å². The molecule has 0 atom stereocenters. The number of anilines is 1. The van der Waals surface area contributed by atoms with Gasteiger partial charge in [0.15, 0.2) is 0 Å². The number of aryl methyl sites for hydroxylation is 1. The lowest BCUT2D eigenvalue weighted by atomic mass is 10.2. The van der Waals surface area contributed by atoms with Crippen molar-refractivity contribution in [3.8, 4) is 5.69 Å². The van der Waals surface area contributed by atoms with Crippen LogP contribution in [0, 0.1) is 12.7 Å². The van der Waals surface area contributed by atoms with Crippen LogP contribution in [0.25, 0.3) is 5.69 Å². The molecule has 1 saturated heterocycles. The molecule has 0 aliphatic carbocycles. The molecule has 7 nitrogen and oxygen atoms in total. The predicted molar refractivity (Wildman–Crippen MR) is 115 cm³/mol. The third-order valence-electron chi connectivity index (χ3n) is 5.33. The van der Waals surface area contributed by atoms with Crippen LogP contribution >= 0.6 is 0 Å². The van der Waals surface area contributed by atoms with E-state index in [1.807, 2.05) is 0 Å². The first-order valence-corrected chi connectivity index (χ1v) is 11.5. The van der Waals surface area contributed by atoms with Crippen LogP contribution in [0.5, 0.6) is 0 Å². The van der Waals surface area contributed by atoms with E-state index in [-0.39, 0.29) is 10.6 Å². The number of hydrogen-bond donors (Lipinski definition) is 1. The molecule has 9 heteroatoms. The van der Waals surface area contributed by atoms with Crippen molar-refractivity contribution in [3.63, 3.8) is 0 Å². The molecule has 0 unspecified atom stereocenters. The highest BCUT2D eigenvalue weighted by Gasteiger charge is 2.25. The molecule has 1 fully saturated rings. The summed E-state index contributed by atoms with van der Waals surface area (Å²) in [6.07, 6.45) is 5.83. The first-order valence-electron chi connectivity index (χ1n) is 10.1. The molecule has 1 amide bonds. The van der Waals surface area contributed by atoms with E-state index in [0.717, 1.165) is 19.3 Å². The Hall–Kier alpha value is -3.04. The number of benzene rings is 2. The normalized spacial score (nSPS) is 15.0. The Morgan fingerprint density at radius 3 is 2.45 bits per heavy atom. The number of nitrogens with one attached hydrogen (secondary N) is 1. The molecule has 2 heterocycles. The van der Waals surface area contributed by atoms with Crippen molar-refractivity contribution >= 4 is 21.6 Å². The van der Waals surface area contributed by atoms with Crippen molar-refractivity contribution in [2.75, 3.05) is 18.4 Å².